The molecule has 3 N–H and O–H groups in total. The quantitative estimate of drug-likeness (QED) is 0.857. The van der Waals surface area contributed by atoms with Gasteiger partial charge in [-0.3, -0.25) is 4.79 Å². The maximum absolute atomic E-state index is 11.7. The third kappa shape index (κ3) is 4.22. The van der Waals surface area contributed by atoms with Crippen LogP contribution in [0.1, 0.15) is 22.2 Å². The molecule has 0 atom stereocenters. The first-order valence-corrected chi connectivity index (χ1v) is 5.45. The molecule has 0 unspecified atom stereocenters. The number of hydrogen-bond donors (Lipinski definition) is 2. The number of rotatable bonds is 4. The Kier molecular flexibility index (Phi) is 5.25. The highest BCUT2D eigenvalue weighted by molar-refractivity contribution is 5.92. The third-order valence-corrected chi connectivity index (χ3v) is 2.20. The summed E-state index contributed by atoms with van der Waals surface area (Å²) in [6.07, 6.45) is 0.481. The first-order valence-electron chi connectivity index (χ1n) is 5.45. The smallest absolute Gasteiger partial charge is 0.269 e. The van der Waals surface area contributed by atoms with Crippen molar-refractivity contribution in [2.45, 2.75) is 13.3 Å². The number of aryl methyl sites for hydroxylation is 1. The second-order valence-electron chi connectivity index (χ2n) is 3.69. The van der Waals surface area contributed by atoms with Crippen molar-refractivity contribution < 1.29 is 9.32 Å². The molecule has 0 fully saturated rings. The van der Waals surface area contributed by atoms with Gasteiger partial charge in [-0.2, -0.15) is 4.98 Å². The molecule has 0 saturated heterocycles. The molecule has 1 amide bonds. The van der Waals surface area contributed by atoms with Gasteiger partial charge in [-0.25, -0.2) is 4.98 Å². The predicted octanol–water partition coefficient (Wildman–Crippen LogP) is 0.750. The molecule has 2 aromatic rings. The van der Waals surface area contributed by atoms with Crippen LogP contribution < -0.4 is 11.1 Å². The maximum Gasteiger partial charge on any atom is 0.269 e. The van der Waals surface area contributed by atoms with E-state index in [-0.39, 0.29) is 24.0 Å². The van der Waals surface area contributed by atoms with Gasteiger partial charge in [-0.15, -0.1) is 12.4 Å². The molecule has 0 spiro atoms. The van der Waals surface area contributed by atoms with Gasteiger partial charge in [-0.1, -0.05) is 11.2 Å². The van der Waals surface area contributed by atoms with Gasteiger partial charge >= 0.3 is 0 Å². The van der Waals surface area contributed by atoms with Crippen molar-refractivity contribution in [3.63, 3.8) is 0 Å². The van der Waals surface area contributed by atoms with Gasteiger partial charge in [0.05, 0.1) is 0 Å². The summed E-state index contributed by atoms with van der Waals surface area (Å²) in [5.74, 6) is 1.11. The third-order valence-electron chi connectivity index (χ3n) is 2.20. The minimum atomic E-state index is -0.279. The van der Waals surface area contributed by atoms with Gasteiger partial charge < -0.3 is 15.6 Å². The number of nitrogens with two attached hydrogens (primary N) is 1. The summed E-state index contributed by atoms with van der Waals surface area (Å²) in [6, 6.07) is 4.90. The van der Waals surface area contributed by atoms with Crippen LogP contribution in [0.5, 0.6) is 0 Å². The number of aromatic nitrogens is 3. The Labute approximate surface area is 116 Å². The molecule has 2 rings (SSSR count). The number of pyridine rings is 1. The van der Waals surface area contributed by atoms with Crippen molar-refractivity contribution in [3.8, 4) is 0 Å². The van der Waals surface area contributed by atoms with Crippen LogP contribution in [0.2, 0.25) is 0 Å². The molecule has 0 aromatic carbocycles. The van der Waals surface area contributed by atoms with Crippen molar-refractivity contribution in [1.29, 1.82) is 0 Å². The molecule has 0 aliphatic rings. The number of amides is 1. The fraction of sp³-hybridized carbons (Fsp3) is 0.273. The SMILES string of the molecule is Cc1noc(CCNC(=O)c2cccc(N)n2)n1.Cl. The molecule has 2 heterocycles. The molecule has 19 heavy (non-hydrogen) atoms. The van der Waals surface area contributed by atoms with Crippen LogP contribution in [0.15, 0.2) is 22.7 Å². The van der Waals surface area contributed by atoms with Gasteiger partial charge in [0.15, 0.2) is 5.82 Å². The number of halogens is 1. The van der Waals surface area contributed by atoms with Crippen molar-refractivity contribution in [1.82, 2.24) is 20.4 Å². The standard InChI is InChI=1S/C11H13N5O2.ClH/c1-7-14-10(18-16-7)5-6-13-11(17)8-3-2-4-9(12)15-8;/h2-4H,5-6H2,1H3,(H2,12,15)(H,13,17);1H. The van der Waals surface area contributed by atoms with E-state index in [2.05, 4.69) is 20.4 Å². The Morgan fingerprint density at radius 2 is 2.21 bits per heavy atom. The lowest BCUT2D eigenvalue weighted by atomic mass is 10.3. The summed E-state index contributed by atoms with van der Waals surface area (Å²) in [7, 11) is 0. The van der Waals surface area contributed by atoms with Crippen molar-refractivity contribution >= 4 is 24.1 Å². The molecule has 0 aliphatic carbocycles. The molecule has 0 aliphatic heterocycles. The van der Waals surface area contributed by atoms with Gasteiger partial charge in [0.25, 0.3) is 5.91 Å². The van der Waals surface area contributed by atoms with Crippen molar-refractivity contribution in [3.05, 3.63) is 35.6 Å². The lowest BCUT2D eigenvalue weighted by Gasteiger charge is -2.03. The zero-order valence-corrected chi connectivity index (χ0v) is 11.1. The summed E-state index contributed by atoms with van der Waals surface area (Å²) >= 11 is 0. The van der Waals surface area contributed by atoms with E-state index in [4.69, 9.17) is 10.3 Å². The van der Waals surface area contributed by atoms with Gasteiger partial charge in [0, 0.05) is 13.0 Å². The van der Waals surface area contributed by atoms with E-state index in [1.54, 1.807) is 25.1 Å². The number of nitrogens with one attached hydrogen (secondary N) is 1. The Balaban J connectivity index is 0.00000180. The number of carbonyl (C=O) groups excluding carboxylic acids is 1. The van der Waals surface area contributed by atoms with Crippen LogP contribution in [0.25, 0.3) is 0 Å². The molecule has 7 nitrogen and oxygen atoms in total. The van der Waals surface area contributed by atoms with Crippen LogP contribution in [-0.4, -0.2) is 27.6 Å². The molecule has 0 radical (unpaired) electrons. The Morgan fingerprint density at radius 1 is 1.42 bits per heavy atom. The summed E-state index contributed by atoms with van der Waals surface area (Å²) in [6.45, 7) is 2.14. The molecule has 8 heteroatoms. The summed E-state index contributed by atoms with van der Waals surface area (Å²) in [4.78, 5) is 19.6. The number of anilines is 1. The number of carbonyl (C=O) groups is 1. The highest BCUT2D eigenvalue weighted by Crippen LogP contribution is 2.00. The van der Waals surface area contributed by atoms with Crippen LogP contribution >= 0.6 is 12.4 Å². The fourth-order valence-electron chi connectivity index (χ4n) is 1.39. The van der Waals surface area contributed by atoms with Crippen molar-refractivity contribution in [2.75, 3.05) is 12.3 Å². The van der Waals surface area contributed by atoms with Crippen LogP contribution in [0.4, 0.5) is 5.82 Å². The lowest BCUT2D eigenvalue weighted by Crippen LogP contribution is -2.26. The topological polar surface area (TPSA) is 107 Å². The second-order valence-corrected chi connectivity index (χ2v) is 3.69. The minimum Gasteiger partial charge on any atom is -0.384 e. The fourth-order valence-corrected chi connectivity index (χ4v) is 1.39. The van der Waals surface area contributed by atoms with Gasteiger partial charge in [0.2, 0.25) is 5.89 Å². The molecule has 2 aromatic heterocycles. The lowest BCUT2D eigenvalue weighted by molar-refractivity contribution is 0.0948. The zero-order valence-electron chi connectivity index (χ0n) is 10.3. The number of nitrogen functional groups attached to an aromatic ring is 1. The molecular formula is C11H14ClN5O2. The normalized spacial score (nSPS) is 9.74. The number of nitrogens with zero attached hydrogens (tertiary/aromatic N) is 3. The minimum absolute atomic E-state index is 0. The molecule has 0 bridgehead atoms. The Morgan fingerprint density at radius 3 is 2.84 bits per heavy atom. The van der Waals surface area contributed by atoms with E-state index in [1.165, 1.54) is 0 Å². The van der Waals surface area contributed by atoms with E-state index in [0.29, 0.717) is 30.5 Å². The van der Waals surface area contributed by atoms with Gasteiger partial charge in [0.1, 0.15) is 11.5 Å². The molecule has 0 saturated carbocycles. The first-order chi connectivity index (χ1) is 8.65. The Bertz CT molecular complexity index is 558. The largest absolute Gasteiger partial charge is 0.384 e. The van der Waals surface area contributed by atoms with E-state index in [1.807, 2.05) is 0 Å². The highest BCUT2D eigenvalue weighted by Gasteiger charge is 2.08. The van der Waals surface area contributed by atoms with Gasteiger partial charge in [-0.05, 0) is 19.1 Å². The van der Waals surface area contributed by atoms with E-state index >= 15 is 0 Å². The summed E-state index contributed by atoms with van der Waals surface area (Å²) in [5.41, 5.74) is 5.78. The van der Waals surface area contributed by atoms with Crippen molar-refractivity contribution in [2.24, 2.45) is 0 Å². The highest BCUT2D eigenvalue weighted by atomic mass is 35.5. The summed E-state index contributed by atoms with van der Waals surface area (Å²) < 4.78 is 4.92. The molecule has 102 valence electrons. The van der Waals surface area contributed by atoms with E-state index in [0.717, 1.165) is 0 Å². The zero-order chi connectivity index (χ0) is 13.0. The van der Waals surface area contributed by atoms with E-state index < -0.39 is 0 Å². The Hall–Kier alpha value is -2.15. The predicted molar refractivity (Wildman–Crippen MR) is 71.0 cm³/mol. The molecular weight excluding hydrogens is 270 g/mol. The summed E-state index contributed by atoms with van der Waals surface area (Å²) in [5, 5.41) is 6.36. The van der Waals surface area contributed by atoms with Crippen LogP contribution in [0, 0.1) is 6.92 Å². The number of hydrogen-bond acceptors (Lipinski definition) is 6. The van der Waals surface area contributed by atoms with Crippen LogP contribution in [-0.2, 0) is 6.42 Å². The second kappa shape index (κ2) is 6.69. The van der Waals surface area contributed by atoms with E-state index in [9.17, 15) is 4.79 Å². The average molecular weight is 284 g/mol. The monoisotopic (exact) mass is 283 g/mol. The first kappa shape index (κ1) is 14.9. The van der Waals surface area contributed by atoms with Crippen LogP contribution in [0.3, 0.4) is 0 Å². The maximum atomic E-state index is 11.7. The average Bonchev–Trinajstić information content (AvgIpc) is 2.75.